The molecule has 1 spiro atoms. The Kier molecular flexibility index (Phi) is 10.7. The van der Waals surface area contributed by atoms with Gasteiger partial charge in [-0.05, 0) is 50.2 Å². The predicted octanol–water partition coefficient (Wildman–Crippen LogP) is 4.83. The molecule has 1 aromatic rings. The molecular weight excluding hydrogens is 507 g/mol. The van der Waals surface area contributed by atoms with Crippen LogP contribution in [0.3, 0.4) is 0 Å². The average Bonchev–Trinajstić information content (AvgIpc) is 3.29. The smallest absolute Gasteiger partial charge is 0.193 e. The lowest BCUT2D eigenvalue weighted by Crippen LogP contribution is -2.41. The first kappa shape index (κ1) is 25.7. The number of aromatic nitrogens is 3. The van der Waals surface area contributed by atoms with Crippen molar-refractivity contribution in [2.75, 3.05) is 32.4 Å². The van der Waals surface area contributed by atoms with Crippen LogP contribution in [0.1, 0.15) is 71.5 Å². The summed E-state index contributed by atoms with van der Waals surface area (Å²) in [5.41, 5.74) is 0.565. The summed E-state index contributed by atoms with van der Waals surface area (Å²) in [6.07, 6.45) is 12.4. The molecule has 1 aromatic heterocycles. The van der Waals surface area contributed by atoms with E-state index >= 15 is 0 Å². The Morgan fingerprint density at radius 2 is 1.97 bits per heavy atom. The van der Waals surface area contributed by atoms with Crippen molar-refractivity contribution >= 4 is 41.7 Å². The van der Waals surface area contributed by atoms with Crippen molar-refractivity contribution in [3.63, 3.8) is 0 Å². The number of halogens is 1. The first-order valence-electron chi connectivity index (χ1n) is 11.6. The van der Waals surface area contributed by atoms with Gasteiger partial charge in [0.25, 0.3) is 0 Å². The number of hydrogen-bond donors (Lipinski definition) is 1. The molecule has 1 N–H and O–H groups in total. The predicted molar refractivity (Wildman–Crippen MR) is 138 cm³/mol. The molecule has 0 bridgehead atoms. The van der Waals surface area contributed by atoms with Crippen molar-refractivity contribution < 1.29 is 0 Å². The number of aryl methyl sites for hydroxylation is 1. The van der Waals surface area contributed by atoms with Gasteiger partial charge >= 0.3 is 0 Å². The Hall–Kier alpha value is -0.510. The fourth-order valence-electron chi connectivity index (χ4n) is 4.88. The van der Waals surface area contributed by atoms with Crippen molar-refractivity contribution in [3.8, 4) is 0 Å². The maximum atomic E-state index is 4.97. The van der Waals surface area contributed by atoms with Gasteiger partial charge in [0.05, 0.1) is 0 Å². The van der Waals surface area contributed by atoms with Gasteiger partial charge in [-0.3, -0.25) is 4.99 Å². The van der Waals surface area contributed by atoms with Crippen LogP contribution in [-0.4, -0.2) is 58.1 Å². The lowest BCUT2D eigenvalue weighted by atomic mass is 9.73. The maximum absolute atomic E-state index is 4.97. The molecule has 0 aromatic carbocycles. The number of aliphatic imine (C=N–C) groups is 1. The Bertz CT molecular complexity index is 669. The van der Waals surface area contributed by atoms with Gasteiger partial charge in [0.15, 0.2) is 11.1 Å². The van der Waals surface area contributed by atoms with Gasteiger partial charge < -0.3 is 14.8 Å². The van der Waals surface area contributed by atoms with Crippen molar-refractivity contribution in [1.29, 1.82) is 0 Å². The van der Waals surface area contributed by atoms with Gasteiger partial charge in [0.1, 0.15) is 5.82 Å². The number of likely N-dealkylation sites (tertiary alicyclic amines) is 1. The van der Waals surface area contributed by atoms with E-state index in [0.29, 0.717) is 11.3 Å². The molecule has 0 radical (unpaired) electrons. The summed E-state index contributed by atoms with van der Waals surface area (Å²) in [5.74, 6) is 2.81. The molecule has 172 valence electrons. The number of thioether (sulfide) groups is 1. The minimum atomic E-state index is 0. The van der Waals surface area contributed by atoms with E-state index in [2.05, 4.69) is 52.0 Å². The number of hydrogen-bond acceptors (Lipinski definition) is 4. The zero-order chi connectivity index (χ0) is 20.7. The summed E-state index contributed by atoms with van der Waals surface area (Å²) in [5, 5.41) is 13.4. The van der Waals surface area contributed by atoms with Crippen molar-refractivity contribution in [2.45, 2.75) is 83.8 Å². The normalized spacial score (nSPS) is 18.8. The second kappa shape index (κ2) is 12.5. The highest BCUT2D eigenvalue weighted by Crippen LogP contribution is 2.43. The van der Waals surface area contributed by atoms with Crippen molar-refractivity contribution in [1.82, 2.24) is 25.0 Å². The summed E-state index contributed by atoms with van der Waals surface area (Å²) in [6, 6.07) is 0. The van der Waals surface area contributed by atoms with E-state index in [9.17, 15) is 0 Å². The highest BCUT2D eigenvalue weighted by Gasteiger charge is 2.39. The van der Waals surface area contributed by atoms with Crippen LogP contribution in [0.15, 0.2) is 10.1 Å². The standard InChI is InChI=1S/C22H40N6S.HI/c1-5-23-20(27-15-13-22(17-27)11-7-6-8-12-22)24-14-9-10-19-25-26-21(29-4)28(19)16-18(2)3;/h18H,5-17H2,1-4H3,(H,23,24);1H. The molecular formula is C22H41IN6S. The Labute approximate surface area is 204 Å². The van der Waals surface area contributed by atoms with Crippen LogP contribution in [0.25, 0.3) is 0 Å². The number of nitrogens with zero attached hydrogens (tertiary/aromatic N) is 5. The molecule has 30 heavy (non-hydrogen) atoms. The second-order valence-corrected chi connectivity index (χ2v) is 9.95. The van der Waals surface area contributed by atoms with Gasteiger partial charge in [0.2, 0.25) is 0 Å². The van der Waals surface area contributed by atoms with Crippen LogP contribution in [-0.2, 0) is 13.0 Å². The Morgan fingerprint density at radius 1 is 1.20 bits per heavy atom. The molecule has 1 aliphatic carbocycles. The minimum Gasteiger partial charge on any atom is -0.357 e. The highest BCUT2D eigenvalue weighted by atomic mass is 127. The summed E-state index contributed by atoms with van der Waals surface area (Å²) in [4.78, 5) is 7.49. The third-order valence-corrected chi connectivity index (χ3v) is 7.00. The number of guanidine groups is 1. The van der Waals surface area contributed by atoms with E-state index in [1.54, 1.807) is 11.8 Å². The minimum absolute atomic E-state index is 0. The van der Waals surface area contributed by atoms with E-state index in [1.807, 2.05) is 0 Å². The summed E-state index contributed by atoms with van der Waals surface area (Å²) in [6.45, 7) is 11.8. The molecule has 6 nitrogen and oxygen atoms in total. The van der Waals surface area contributed by atoms with Crippen LogP contribution in [0, 0.1) is 11.3 Å². The third kappa shape index (κ3) is 6.74. The van der Waals surface area contributed by atoms with E-state index in [4.69, 9.17) is 4.99 Å². The maximum Gasteiger partial charge on any atom is 0.193 e. The molecule has 1 aliphatic heterocycles. The van der Waals surface area contributed by atoms with Crippen LogP contribution in [0.4, 0.5) is 0 Å². The Balaban J connectivity index is 0.00000320. The highest BCUT2D eigenvalue weighted by molar-refractivity contribution is 14.0. The van der Waals surface area contributed by atoms with E-state index in [0.717, 1.165) is 56.0 Å². The molecule has 0 atom stereocenters. The molecule has 3 rings (SSSR count). The summed E-state index contributed by atoms with van der Waals surface area (Å²) in [7, 11) is 0. The molecule has 1 saturated carbocycles. The number of rotatable bonds is 8. The van der Waals surface area contributed by atoms with Gasteiger partial charge in [-0.2, -0.15) is 0 Å². The average molecular weight is 549 g/mol. The van der Waals surface area contributed by atoms with Crippen LogP contribution in [0.5, 0.6) is 0 Å². The van der Waals surface area contributed by atoms with E-state index in [-0.39, 0.29) is 24.0 Å². The molecule has 2 aliphatic rings. The largest absolute Gasteiger partial charge is 0.357 e. The van der Waals surface area contributed by atoms with E-state index < -0.39 is 0 Å². The summed E-state index contributed by atoms with van der Waals surface area (Å²) < 4.78 is 2.29. The first-order valence-corrected chi connectivity index (χ1v) is 12.8. The fourth-order valence-corrected chi connectivity index (χ4v) is 5.40. The SMILES string of the molecule is CCNC(=NCCCc1nnc(SC)n1CC(C)C)N1CCC2(CCCCC2)C1.I. The summed E-state index contributed by atoms with van der Waals surface area (Å²) >= 11 is 1.68. The molecule has 2 fully saturated rings. The second-order valence-electron chi connectivity index (χ2n) is 9.18. The van der Waals surface area contributed by atoms with Crippen molar-refractivity contribution in [3.05, 3.63) is 5.82 Å². The first-order chi connectivity index (χ1) is 14.1. The molecule has 1 saturated heterocycles. The zero-order valence-electron chi connectivity index (χ0n) is 19.3. The topological polar surface area (TPSA) is 58.3 Å². The van der Waals surface area contributed by atoms with Gasteiger partial charge in [-0.1, -0.05) is 44.9 Å². The van der Waals surface area contributed by atoms with Gasteiger partial charge in [0, 0.05) is 39.1 Å². The third-order valence-electron chi connectivity index (χ3n) is 6.33. The zero-order valence-corrected chi connectivity index (χ0v) is 22.5. The lowest BCUT2D eigenvalue weighted by molar-refractivity contribution is 0.203. The monoisotopic (exact) mass is 548 g/mol. The fraction of sp³-hybridized carbons (Fsp3) is 0.864. The lowest BCUT2D eigenvalue weighted by Gasteiger charge is -2.33. The molecule has 0 unspecified atom stereocenters. The Morgan fingerprint density at radius 3 is 2.63 bits per heavy atom. The molecule has 0 amide bonds. The van der Waals surface area contributed by atoms with Crippen LogP contribution >= 0.6 is 35.7 Å². The van der Waals surface area contributed by atoms with Crippen molar-refractivity contribution in [2.24, 2.45) is 16.3 Å². The van der Waals surface area contributed by atoms with Crippen LogP contribution in [0.2, 0.25) is 0 Å². The van der Waals surface area contributed by atoms with Gasteiger partial charge in [-0.25, -0.2) is 0 Å². The molecule has 8 heteroatoms. The number of nitrogens with one attached hydrogen (secondary N) is 1. The van der Waals surface area contributed by atoms with Crippen LogP contribution < -0.4 is 5.32 Å². The van der Waals surface area contributed by atoms with Gasteiger partial charge in [-0.15, -0.1) is 34.2 Å². The quantitative estimate of drug-likeness (QED) is 0.166. The van der Waals surface area contributed by atoms with E-state index in [1.165, 1.54) is 45.1 Å². The molecule has 2 heterocycles.